The van der Waals surface area contributed by atoms with Crippen LogP contribution >= 0.6 is 11.6 Å². The number of nitrogens with zero attached hydrogens (tertiary/aromatic N) is 1. The molecule has 4 heteroatoms. The quantitative estimate of drug-likeness (QED) is 0.907. The third-order valence-corrected chi connectivity index (χ3v) is 5.45. The van der Waals surface area contributed by atoms with Crippen LogP contribution in [-0.2, 0) is 0 Å². The average molecular weight is 291 g/mol. The predicted octanol–water partition coefficient (Wildman–Crippen LogP) is 2.41. The second kappa shape index (κ2) is 4.74. The highest BCUT2D eigenvalue weighted by Crippen LogP contribution is 2.43. The molecule has 3 aliphatic heterocycles. The maximum absolute atomic E-state index is 12.4. The first-order valence-corrected chi connectivity index (χ1v) is 7.85. The largest absolute Gasteiger partial charge is 0.349 e. The van der Waals surface area contributed by atoms with Crippen molar-refractivity contribution in [2.24, 2.45) is 17.8 Å². The number of piperidine rings is 3. The van der Waals surface area contributed by atoms with Gasteiger partial charge < -0.3 is 10.2 Å². The van der Waals surface area contributed by atoms with E-state index >= 15 is 0 Å². The Morgan fingerprint density at radius 1 is 1.10 bits per heavy atom. The molecule has 3 heterocycles. The summed E-state index contributed by atoms with van der Waals surface area (Å²) in [6, 6.07) is 7.53. The van der Waals surface area contributed by atoms with Gasteiger partial charge in [-0.2, -0.15) is 0 Å². The van der Waals surface area contributed by atoms with Crippen molar-refractivity contribution in [1.82, 2.24) is 10.2 Å². The number of carbonyl (C=O) groups excluding carboxylic acids is 1. The zero-order valence-electron chi connectivity index (χ0n) is 11.4. The molecule has 3 nitrogen and oxygen atoms in total. The van der Waals surface area contributed by atoms with Crippen molar-refractivity contribution in [3.8, 4) is 0 Å². The average Bonchev–Trinajstić information content (AvgIpc) is 2.42. The van der Waals surface area contributed by atoms with Crippen LogP contribution in [-0.4, -0.2) is 36.5 Å². The Balaban J connectivity index is 1.49. The van der Waals surface area contributed by atoms with Crippen molar-refractivity contribution < 1.29 is 4.79 Å². The molecule has 3 saturated heterocycles. The number of halogens is 1. The molecule has 0 aromatic heterocycles. The second-order valence-electron chi connectivity index (χ2n) is 6.58. The fourth-order valence-electron chi connectivity index (χ4n) is 4.48. The maximum atomic E-state index is 12.4. The minimum atomic E-state index is 0.0501. The zero-order valence-corrected chi connectivity index (χ0v) is 12.1. The van der Waals surface area contributed by atoms with Crippen LogP contribution in [0.3, 0.4) is 0 Å². The summed E-state index contributed by atoms with van der Waals surface area (Å²) >= 11 is 5.87. The van der Waals surface area contributed by atoms with Gasteiger partial charge in [0.15, 0.2) is 0 Å². The van der Waals surface area contributed by atoms with Crippen molar-refractivity contribution in [3.63, 3.8) is 0 Å². The number of hydrogen-bond donors (Lipinski definition) is 1. The van der Waals surface area contributed by atoms with Crippen LogP contribution in [0.25, 0.3) is 0 Å². The molecular formula is C16H19ClN2O. The normalized spacial score (nSPS) is 38.0. The molecule has 4 aliphatic rings. The number of hydrogen-bond acceptors (Lipinski definition) is 2. The van der Waals surface area contributed by atoms with E-state index in [0.29, 0.717) is 28.5 Å². The molecule has 106 valence electrons. The SMILES string of the molecule is O=C(NC1[C@H]2CC3C[C@H]1CN(C3)C2)c1ccc(Cl)cc1. The highest BCUT2D eigenvalue weighted by atomic mass is 35.5. The summed E-state index contributed by atoms with van der Waals surface area (Å²) < 4.78 is 0. The van der Waals surface area contributed by atoms with Crippen LogP contribution in [0, 0.1) is 17.8 Å². The van der Waals surface area contributed by atoms with Crippen LogP contribution in [0.4, 0.5) is 0 Å². The summed E-state index contributed by atoms with van der Waals surface area (Å²) in [5, 5.41) is 3.96. The minimum Gasteiger partial charge on any atom is -0.349 e. The van der Waals surface area contributed by atoms with E-state index in [-0.39, 0.29) is 5.91 Å². The molecule has 4 fully saturated rings. The van der Waals surface area contributed by atoms with Crippen LogP contribution in [0.15, 0.2) is 24.3 Å². The Hall–Kier alpha value is -1.06. The third-order valence-electron chi connectivity index (χ3n) is 5.19. The standard InChI is InChI=1S/C16H19ClN2O/c17-14-3-1-11(2-4-14)16(20)18-15-12-5-10-6-13(15)9-19(7-10)8-12/h1-4,10,12-13,15H,5-9H2,(H,18,20)/t10?,12-,13-,15?/m0/s1. The van der Waals surface area contributed by atoms with Gasteiger partial charge in [0.2, 0.25) is 0 Å². The summed E-state index contributed by atoms with van der Waals surface area (Å²) in [4.78, 5) is 15.0. The molecule has 1 aliphatic carbocycles. The molecule has 1 aromatic carbocycles. The van der Waals surface area contributed by atoms with Crippen LogP contribution in [0.5, 0.6) is 0 Å². The highest BCUT2D eigenvalue weighted by Gasteiger charge is 2.47. The fraction of sp³-hybridized carbons (Fsp3) is 0.562. The Bertz CT molecular complexity index is 500. The Morgan fingerprint density at radius 2 is 1.75 bits per heavy atom. The van der Waals surface area contributed by atoms with Crippen LogP contribution < -0.4 is 5.32 Å². The smallest absolute Gasteiger partial charge is 0.251 e. The summed E-state index contributed by atoms with van der Waals surface area (Å²) in [6.07, 6.45) is 2.58. The van der Waals surface area contributed by atoms with Crippen LogP contribution in [0.1, 0.15) is 23.2 Å². The lowest BCUT2D eigenvalue weighted by Crippen LogP contribution is -2.64. The molecular weight excluding hydrogens is 272 g/mol. The third kappa shape index (κ3) is 2.13. The maximum Gasteiger partial charge on any atom is 0.251 e. The van der Waals surface area contributed by atoms with E-state index in [2.05, 4.69) is 10.2 Å². The first-order valence-electron chi connectivity index (χ1n) is 7.48. The van der Waals surface area contributed by atoms with Crippen molar-refractivity contribution in [2.45, 2.75) is 18.9 Å². The van der Waals surface area contributed by atoms with Crippen LogP contribution in [0.2, 0.25) is 5.02 Å². The lowest BCUT2D eigenvalue weighted by Gasteiger charge is -2.55. The van der Waals surface area contributed by atoms with Gasteiger partial charge in [0.25, 0.3) is 5.91 Å². The van der Waals surface area contributed by atoms with E-state index < -0.39 is 0 Å². The molecule has 1 saturated carbocycles. The van der Waals surface area contributed by atoms with Gasteiger partial charge in [-0.25, -0.2) is 0 Å². The number of nitrogens with one attached hydrogen (secondary N) is 1. The predicted molar refractivity (Wildman–Crippen MR) is 78.9 cm³/mol. The molecule has 4 bridgehead atoms. The molecule has 0 radical (unpaired) electrons. The number of benzene rings is 1. The first-order chi connectivity index (χ1) is 9.69. The summed E-state index contributed by atoms with van der Waals surface area (Å²) in [7, 11) is 0. The zero-order chi connectivity index (χ0) is 13.7. The highest BCUT2D eigenvalue weighted by molar-refractivity contribution is 6.30. The molecule has 2 atom stereocenters. The van der Waals surface area contributed by atoms with Gasteiger partial charge in [0.1, 0.15) is 0 Å². The summed E-state index contributed by atoms with van der Waals surface area (Å²) in [5.41, 5.74) is 0.712. The molecule has 0 unspecified atom stereocenters. The Kier molecular flexibility index (Phi) is 3.00. The van der Waals surface area contributed by atoms with E-state index in [0.717, 1.165) is 5.92 Å². The molecule has 1 N–H and O–H groups in total. The lowest BCUT2D eigenvalue weighted by atomic mass is 9.65. The lowest BCUT2D eigenvalue weighted by molar-refractivity contribution is -0.0418. The monoisotopic (exact) mass is 290 g/mol. The van der Waals surface area contributed by atoms with Gasteiger partial charge in [0, 0.05) is 36.3 Å². The number of carbonyl (C=O) groups is 1. The van der Waals surface area contributed by atoms with E-state index in [4.69, 9.17) is 11.6 Å². The second-order valence-corrected chi connectivity index (χ2v) is 7.02. The van der Waals surface area contributed by atoms with Crippen molar-refractivity contribution >= 4 is 17.5 Å². The molecule has 20 heavy (non-hydrogen) atoms. The molecule has 1 aromatic rings. The van der Waals surface area contributed by atoms with Gasteiger partial charge in [-0.15, -0.1) is 0 Å². The fourth-order valence-corrected chi connectivity index (χ4v) is 4.61. The molecule has 5 rings (SSSR count). The number of rotatable bonds is 2. The van der Waals surface area contributed by atoms with Gasteiger partial charge >= 0.3 is 0 Å². The minimum absolute atomic E-state index is 0.0501. The van der Waals surface area contributed by atoms with E-state index in [1.807, 2.05) is 0 Å². The molecule has 1 amide bonds. The number of amides is 1. The summed E-state index contributed by atoms with van der Waals surface area (Å²) in [5.74, 6) is 2.22. The molecule has 0 spiro atoms. The van der Waals surface area contributed by atoms with Gasteiger partial charge in [-0.05, 0) is 54.9 Å². The van der Waals surface area contributed by atoms with E-state index in [1.165, 1.54) is 32.5 Å². The topological polar surface area (TPSA) is 32.3 Å². The van der Waals surface area contributed by atoms with Gasteiger partial charge in [-0.1, -0.05) is 11.6 Å². The first kappa shape index (κ1) is 12.7. The van der Waals surface area contributed by atoms with Gasteiger partial charge in [-0.3, -0.25) is 4.79 Å². The Labute approximate surface area is 124 Å². The van der Waals surface area contributed by atoms with E-state index in [9.17, 15) is 4.79 Å². The van der Waals surface area contributed by atoms with Crippen molar-refractivity contribution in [3.05, 3.63) is 34.9 Å². The summed E-state index contributed by atoms with van der Waals surface area (Å²) in [6.45, 7) is 3.61. The van der Waals surface area contributed by atoms with Crippen molar-refractivity contribution in [2.75, 3.05) is 19.6 Å². The Morgan fingerprint density at radius 3 is 2.35 bits per heavy atom. The van der Waals surface area contributed by atoms with Gasteiger partial charge in [0.05, 0.1) is 0 Å². The van der Waals surface area contributed by atoms with Crippen molar-refractivity contribution in [1.29, 1.82) is 0 Å². The van der Waals surface area contributed by atoms with E-state index in [1.54, 1.807) is 24.3 Å².